The standard InChI is InChI=1S/C15H20N2O2/c1-11-8-14(17(2)16-11)9-15(18)13-6-4-12(5-7-13)10-19-3/h4-8,15,18H,9-10H2,1-3H3. The van der Waals surface area contributed by atoms with Crippen LogP contribution in [0.1, 0.15) is 28.6 Å². The molecule has 0 aliphatic carbocycles. The van der Waals surface area contributed by atoms with Gasteiger partial charge in [-0.2, -0.15) is 5.10 Å². The van der Waals surface area contributed by atoms with Crippen LogP contribution in [0, 0.1) is 6.92 Å². The summed E-state index contributed by atoms with van der Waals surface area (Å²) >= 11 is 0. The summed E-state index contributed by atoms with van der Waals surface area (Å²) in [6, 6.07) is 9.86. The number of ether oxygens (including phenoxy) is 1. The summed E-state index contributed by atoms with van der Waals surface area (Å²) in [7, 11) is 3.57. The van der Waals surface area contributed by atoms with Gasteiger partial charge in [-0.1, -0.05) is 24.3 Å². The van der Waals surface area contributed by atoms with Gasteiger partial charge in [-0.05, 0) is 24.1 Å². The topological polar surface area (TPSA) is 47.3 Å². The third-order valence-electron chi connectivity index (χ3n) is 3.18. The Balaban J connectivity index is 2.07. The fraction of sp³-hybridized carbons (Fsp3) is 0.400. The largest absolute Gasteiger partial charge is 0.388 e. The van der Waals surface area contributed by atoms with Gasteiger partial charge in [-0.25, -0.2) is 0 Å². The summed E-state index contributed by atoms with van der Waals surface area (Å²) in [6.07, 6.45) is 0.0624. The zero-order valence-electron chi connectivity index (χ0n) is 11.6. The lowest BCUT2D eigenvalue weighted by Gasteiger charge is -2.11. The minimum atomic E-state index is -0.508. The molecule has 1 aromatic heterocycles. The SMILES string of the molecule is COCc1ccc(C(O)Cc2cc(C)nn2C)cc1. The van der Waals surface area contributed by atoms with Crippen LogP contribution >= 0.6 is 0 Å². The van der Waals surface area contributed by atoms with Gasteiger partial charge in [0, 0.05) is 26.3 Å². The molecule has 0 saturated carbocycles. The van der Waals surface area contributed by atoms with Gasteiger partial charge in [-0.3, -0.25) is 4.68 Å². The first-order chi connectivity index (χ1) is 9.10. The number of aryl methyl sites for hydroxylation is 2. The first kappa shape index (κ1) is 13.8. The van der Waals surface area contributed by atoms with Gasteiger partial charge >= 0.3 is 0 Å². The van der Waals surface area contributed by atoms with Crippen LogP contribution in [-0.2, 0) is 24.8 Å². The molecule has 0 fully saturated rings. The second-order valence-electron chi connectivity index (χ2n) is 4.80. The third kappa shape index (κ3) is 3.43. The molecule has 4 heteroatoms. The molecule has 0 aliphatic rings. The van der Waals surface area contributed by atoms with Crippen LogP contribution in [0.4, 0.5) is 0 Å². The zero-order valence-corrected chi connectivity index (χ0v) is 11.6. The van der Waals surface area contributed by atoms with Gasteiger partial charge in [0.15, 0.2) is 0 Å². The van der Waals surface area contributed by atoms with Crippen LogP contribution in [0.5, 0.6) is 0 Å². The number of aliphatic hydroxyl groups excluding tert-OH is 1. The predicted octanol–water partition coefficient (Wildman–Crippen LogP) is 2.15. The van der Waals surface area contributed by atoms with Crippen molar-refractivity contribution in [3.05, 3.63) is 52.8 Å². The minimum absolute atomic E-state index is 0.508. The van der Waals surface area contributed by atoms with Crippen LogP contribution < -0.4 is 0 Å². The molecule has 1 aromatic carbocycles. The highest BCUT2D eigenvalue weighted by Gasteiger charge is 2.11. The molecule has 0 spiro atoms. The van der Waals surface area contributed by atoms with E-state index in [2.05, 4.69) is 5.10 Å². The smallest absolute Gasteiger partial charge is 0.0845 e. The van der Waals surface area contributed by atoms with Crippen molar-refractivity contribution in [3.63, 3.8) is 0 Å². The Morgan fingerprint density at radius 2 is 2.00 bits per heavy atom. The molecule has 2 rings (SSSR count). The van der Waals surface area contributed by atoms with Crippen molar-refractivity contribution >= 4 is 0 Å². The van der Waals surface area contributed by atoms with E-state index in [1.807, 2.05) is 49.0 Å². The molecule has 1 heterocycles. The van der Waals surface area contributed by atoms with E-state index in [0.29, 0.717) is 13.0 Å². The lowest BCUT2D eigenvalue weighted by molar-refractivity contribution is 0.175. The summed E-state index contributed by atoms with van der Waals surface area (Å²) in [5.74, 6) is 0. The molecule has 0 saturated heterocycles. The van der Waals surface area contributed by atoms with E-state index in [1.54, 1.807) is 7.11 Å². The number of rotatable bonds is 5. The van der Waals surface area contributed by atoms with E-state index >= 15 is 0 Å². The van der Waals surface area contributed by atoms with E-state index in [1.165, 1.54) is 0 Å². The Kier molecular flexibility index (Phi) is 4.35. The Bertz CT molecular complexity index is 532. The number of aliphatic hydroxyl groups is 1. The van der Waals surface area contributed by atoms with E-state index in [4.69, 9.17) is 4.74 Å². The number of nitrogens with zero attached hydrogens (tertiary/aromatic N) is 2. The molecule has 0 bridgehead atoms. The average molecular weight is 260 g/mol. The first-order valence-electron chi connectivity index (χ1n) is 6.35. The maximum absolute atomic E-state index is 10.3. The molecule has 0 amide bonds. The molecule has 4 nitrogen and oxygen atoms in total. The summed E-state index contributed by atoms with van der Waals surface area (Å²) in [4.78, 5) is 0. The lowest BCUT2D eigenvalue weighted by Crippen LogP contribution is -2.06. The quantitative estimate of drug-likeness (QED) is 0.896. The van der Waals surface area contributed by atoms with Crippen LogP contribution in [-0.4, -0.2) is 22.0 Å². The number of benzene rings is 1. The van der Waals surface area contributed by atoms with E-state index in [9.17, 15) is 5.11 Å². The predicted molar refractivity (Wildman–Crippen MR) is 73.8 cm³/mol. The van der Waals surface area contributed by atoms with Crippen molar-refractivity contribution in [3.8, 4) is 0 Å². The highest BCUT2D eigenvalue weighted by Crippen LogP contribution is 2.19. The number of aromatic nitrogens is 2. The zero-order chi connectivity index (χ0) is 13.8. The normalized spacial score (nSPS) is 12.6. The van der Waals surface area contributed by atoms with Gasteiger partial charge in [0.2, 0.25) is 0 Å². The van der Waals surface area contributed by atoms with Crippen LogP contribution in [0.3, 0.4) is 0 Å². The van der Waals surface area contributed by atoms with Crippen molar-refractivity contribution in [2.45, 2.75) is 26.1 Å². The van der Waals surface area contributed by atoms with Crippen molar-refractivity contribution in [2.24, 2.45) is 7.05 Å². The van der Waals surface area contributed by atoms with Crippen molar-refractivity contribution in [1.82, 2.24) is 9.78 Å². The molecule has 102 valence electrons. The molecule has 2 aromatic rings. The second kappa shape index (κ2) is 5.99. The highest BCUT2D eigenvalue weighted by atomic mass is 16.5. The van der Waals surface area contributed by atoms with Gasteiger partial charge in [-0.15, -0.1) is 0 Å². The molecule has 1 unspecified atom stereocenters. The number of hydrogen-bond acceptors (Lipinski definition) is 3. The van der Waals surface area contributed by atoms with Crippen molar-refractivity contribution in [1.29, 1.82) is 0 Å². The molecule has 19 heavy (non-hydrogen) atoms. The fourth-order valence-corrected chi connectivity index (χ4v) is 2.17. The van der Waals surface area contributed by atoms with E-state index in [-0.39, 0.29) is 0 Å². The van der Waals surface area contributed by atoms with Gasteiger partial charge in [0.25, 0.3) is 0 Å². The maximum Gasteiger partial charge on any atom is 0.0845 e. The maximum atomic E-state index is 10.3. The molecular formula is C15H20N2O2. The van der Waals surface area contributed by atoms with E-state index in [0.717, 1.165) is 22.5 Å². The summed E-state index contributed by atoms with van der Waals surface area (Å²) in [5, 5.41) is 14.5. The Labute approximate surface area is 113 Å². The average Bonchev–Trinajstić information content (AvgIpc) is 2.69. The summed E-state index contributed by atoms with van der Waals surface area (Å²) in [6.45, 7) is 2.55. The number of hydrogen-bond donors (Lipinski definition) is 1. The highest BCUT2D eigenvalue weighted by molar-refractivity contribution is 5.25. The van der Waals surface area contributed by atoms with Crippen LogP contribution in [0.25, 0.3) is 0 Å². The summed E-state index contributed by atoms with van der Waals surface area (Å²) in [5.41, 5.74) is 4.03. The summed E-state index contributed by atoms with van der Waals surface area (Å²) < 4.78 is 6.89. The lowest BCUT2D eigenvalue weighted by atomic mass is 10.0. The Morgan fingerprint density at radius 3 is 2.53 bits per heavy atom. The second-order valence-corrected chi connectivity index (χ2v) is 4.80. The number of methoxy groups -OCH3 is 1. The van der Waals surface area contributed by atoms with Crippen LogP contribution in [0.15, 0.2) is 30.3 Å². The Hall–Kier alpha value is -1.65. The van der Waals surface area contributed by atoms with Gasteiger partial charge in [0.1, 0.15) is 0 Å². The van der Waals surface area contributed by atoms with Crippen LogP contribution in [0.2, 0.25) is 0 Å². The molecule has 0 aliphatic heterocycles. The molecular weight excluding hydrogens is 240 g/mol. The van der Waals surface area contributed by atoms with Gasteiger partial charge in [0.05, 0.1) is 18.4 Å². The minimum Gasteiger partial charge on any atom is -0.388 e. The van der Waals surface area contributed by atoms with Crippen molar-refractivity contribution < 1.29 is 9.84 Å². The first-order valence-corrected chi connectivity index (χ1v) is 6.35. The molecule has 0 radical (unpaired) electrons. The van der Waals surface area contributed by atoms with Crippen molar-refractivity contribution in [2.75, 3.05) is 7.11 Å². The Morgan fingerprint density at radius 1 is 1.32 bits per heavy atom. The van der Waals surface area contributed by atoms with E-state index < -0.39 is 6.10 Å². The molecule has 1 atom stereocenters. The van der Waals surface area contributed by atoms with Gasteiger partial charge < -0.3 is 9.84 Å². The fourth-order valence-electron chi connectivity index (χ4n) is 2.17. The third-order valence-corrected chi connectivity index (χ3v) is 3.18. The molecule has 1 N–H and O–H groups in total. The monoisotopic (exact) mass is 260 g/mol.